The molecule has 2 N–H and O–H groups in total. The minimum Gasteiger partial charge on any atom is -0.480 e. The number of hydrogen-bond donors (Lipinski definition) is 2. The number of ketones is 1. The number of nitrogens with zero attached hydrogens (tertiary/aromatic N) is 1. The van der Waals surface area contributed by atoms with Gasteiger partial charge in [-0.2, -0.15) is 13.2 Å². The predicted octanol–water partition coefficient (Wildman–Crippen LogP) is 1.56. The SMILES string of the molecule is CC(C)(c1ccc(C(F)(F)F)cc1)N1CCC(=O)C(C(=O)NCC(=O)O)C1=O. The molecule has 0 saturated carbocycles. The van der Waals surface area contributed by atoms with Gasteiger partial charge in [0, 0.05) is 13.0 Å². The van der Waals surface area contributed by atoms with Crippen molar-refractivity contribution in [1.29, 1.82) is 0 Å². The van der Waals surface area contributed by atoms with Crippen molar-refractivity contribution in [3.63, 3.8) is 0 Å². The highest BCUT2D eigenvalue weighted by Crippen LogP contribution is 2.35. The number of carbonyl (C=O) groups excluding carboxylic acids is 3. The molecule has 0 spiro atoms. The van der Waals surface area contributed by atoms with Gasteiger partial charge in [0.05, 0.1) is 11.1 Å². The highest BCUT2D eigenvalue weighted by Gasteiger charge is 2.46. The fourth-order valence-electron chi connectivity index (χ4n) is 3.07. The molecule has 1 atom stereocenters. The number of Topliss-reactive ketones (excluding diaryl/α,β-unsaturated/α-hetero) is 1. The number of piperidine rings is 1. The quantitative estimate of drug-likeness (QED) is 0.730. The van der Waals surface area contributed by atoms with E-state index in [1.54, 1.807) is 13.8 Å². The summed E-state index contributed by atoms with van der Waals surface area (Å²) in [5.74, 6) is -5.46. The molecule has 1 saturated heterocycles. The first-order valence-corrected chi connectivity index (χ1v) is 8.37. The van der Waals surface area contributed by atoms with Crippen LogP contribution >= 0.6 is 0 Å². The Morgan fingerprint density at radius 1 is 1.14 bits per heavy atom. The third-order valence-corrected chi connectivity index (χ3v) is 4.69. The Bertz CT molecular complexity index is 802. The van der Waals surface area contributed by atoms with Gasteiger partial charge in [0.25, 0.3) is 0 Å². The minimum absolute atomic E-state index is 0.00556. The van der Waals surface area contributed by atoms with Gasteiger partial charge in [0.15, 0.2) is 11.7 Å². The molecule has 0 bridgehead atoms. The number of halogens is 3. The van der Waals surface area contributed by atoms with E-state index in [0.717, 1.165) is 12.1 Å². The normalized spacial score (nSPS) is 18.2. The molecule has 1 heterocycles. The fraction of sp³-hybridized carbons (Fsp3) is 0.444. The van der Waals surface area contributed by atoms with Crippen LogP contribution in [0.25, 0.3) is 0 Å². The molecule has 0 aliphatic carbocycles. The van der Waals surface area contributed by atoms with E-state index in [0.29, 0.717) is 5.56 Å². The summed E-state index contributed by atoms with van der Waals surface area (Å²) in [5, 5.41) is 10.6. The lowest BCUT2D eigenvalue weighted by molar-refractivity contribution is -0.156. The maximum Gasteiger partial charge on any atom is 0.416 e. The van der Waals surface area contributed by atoms with E-state index in [4.69, 9.17) is 5.11 Å². The Hall–Kier alpha value is -2.91. The van der Waals surface area contributed by atoms with Gasteiger partial charge < -0.3 is 15.3 Å². The number of rotatable bonds is 5. The Morgan fingerprint density at radius 2 is 1.68 bits per heavy atom. The molecule has 28 heavy (non-hydrogen) atoms. The molecule has 7 nitrogen and oxygen atoms in total. The molecule has 2 amide bonds. The highest BCUT2D eigenvalue weighted by molar-refractivity contribution is 6.19. The maximum atomic E-state index is 12.8. The zero-order valence-electron chi connectivity index (χ0n) is 15.2. The van der Waals surface area contributed by atoms with Crippen molar-refractivity contribution in [3.05, 3.63) is 35.4 Å². The summed E-state index contributed by atoms with van der Waals surface area (Å²) in [6.07, 6.45) is -4.62. The van der Waals surface area contributed by atoms with Crippen LogP contribution in [-0.4, -0.2) is 46.7 Å². The van der Waals surface area contributed by atoms with Gasteiger partial charge in [-0.3, -0.25) is 19.2 Å². The second-order valence-electron chi connectivity index (χ2n) is 6.88. The van der Waals surface area contributed by atoms with Gasteiger partial charge in [-0.25, -0.2) is 0 Å². The molecule has 1 fully saturated rings. The number of nitrogens with one attached hydrogen (secondary N) is 1. The number of carbonyl (C=O) groups is 4. The Balaban J connectivity index is 2.27. The molecule has 1 aromatic rings. The average Bonchev–Trinajstić information content (AvgIpc) is 2.59. The van der Waals surface area contributed by atoms with Crippen LogP contribution in [-0.2, 0) is 30.9 Å². The van der Waals surface area contributed by atoms with Gasteiger partial charge in [-0.15, -0.1) is 0 Å². The number of alkyl halides is 3. The van der Waals surface area contributed by atoms with Gasteiger partial charge in [0.1, 0.15) is 6.54 Å². The lowest BCUT2D eigenvalue weighted by Crippen LogP contribution is -2.57. The van der Waals surface area contributed by atoms with Crippen molar-refractivity contribution >= 4 is 23.6 Å². The Morgan fingerprint density at radius 3 is 2.18 bits per heavy atom. The first-order valence-electron chi connectivity index (χ1n) is 8.37. The van der Waals surface area contributed by atoms with Crippen LogP contribution in [0, 0.1) is 5.92 Å². The van der Waals surface area contributed by atoms with Crippen LogP contribution in [0.3, 0.4) is 0 Å². The molecule has 2 rings (SSSR count). The van der Waals surface area contributed by atoms with Crippen molar-refractivity contribution in [3.8, 4) is 0 Å². The zero-order valence-corrected chi connectivity index (χ0v) is 15.2. The van der Waals surface area contributed by atoms with Crippen LogP contribution in [0.1, 0.15) is 31.4 Å². The molecule has 1 aromatic carbocycles. The lowest BCUT2D eigenvalue weighted by Gasteiger charge is -2.43. The molecule has 1 unspecified atom stereocenters. The number of carboxylic acids is 1. The smallest absolute Gasteiger partial charge is 0.416 e. The molecule has 1 aliphatic rings. The van der Waals surface area contributed by atoms with Crippen molar-refractivity contribution in [2.45, 2.75) is 32.0 Å². The number of aliphatic carboxylic acids is 1. The van der Waals surface area contributed by atoms with Crippen LogP contribution in [0.4, 0.5) is 13.2 Å². The highest BCUT2D eigenvalue weighted by atomic mass is 19.4. The van der Waals surface area contributed by atoms with Crippen molar-refractivity contribution in [2.75, 3.05) is 13.1 Å². The fourth-order valence-corrected chi connectivity index (χ4v) is 3.07. The van der Waals surface area contributed by atoms with E-state index in [-0.39, 0.29) is 13.0 Å². The molecular formula is C18H19F3N2O5. The monoisotopic (exact) mass is 400 g/mol. The number of amides is 2. The predicted molar refractivity (Wildman–Crippen MR) is 89.9 cm³/mol. The van der Waals surface area contributed by atoms with E-state index in [9.17, 15) is 32.3 Å². The first kappa shape index (κ1) is 21.4. The lowest BCUT2D eigenvalue weighted by atomic mass is 9.85. The summed E-state index contributed by atoms with van der Waals surface area (Å²) in [6.45, 7) is 2.44. The van der Waals surface area contributed by atoms with Gasteiger partial charge in [0.2, 0.25) is 11.8 Å². The second-order valence-corrected chi connectivity index (χ2v) is 6.88. The van der Waals surface area contributed by atoms with Crippen LogP contribution in [0.15, 0.2) is 24.3 Å². The molecule has 10 heteroatoms. The van der Waals surface area contributed by atoms with Crippen LogP contribution in [0.2, 0.25) is 0 Å². The van der Waals surface area contributed by atoms with Gasteiger partial charge in [-0.1, -0.05) is 12.1 Å². The van der Waals surface area contributed by atoms with Gasteiger partial charge >= 0.3 is 12.1 Å². The first-order chi connectivity index (χ1) is 12.9. The third kappa shape index (κ3) is 4.32. The van der Waals surface area contributed by atoms with E-state index in [1.165, 1.54) is 17.0 Å². The van der Waals surface area contributed by atoms with Crippen LogP contribution in [0.5, 0.6) is 0 Å². The van der Waals surface area contributed by atoms with E-state index < -0.39 is 53.3 Å². The Labute approximate surface area is 158 Å². The molecule has 0 radical (unpaired) electrons. The summed E-state index contributed by atoms with van der Waals surface area (Å²) < 4.78 is 38.3. The topological polar surface area (TPSA) is 104 Å². The minimum atomic E-state index is -4.50. The standard InChI is InChI=1S/C18H19F3N2O5/c1-17(2,10-3-5-11(6-4-10)18(19,20)21)23-8-7-12(24)14(16(23)28)15(27)22-9-13(25)26/h3-6,14H,7-9H2,1-2H3,(H,22,27)(H,25,26). The molecular weight excluding hydrogens is 381 g/mol. The number of hydrogen-bond acceptors (Lipinski definition) is 4. The summed E-state index contributed by atoms with van der Waals surface area (Å²) >= 11 is 0. The molecule has 0 aromatic heterocycles. The molecule has 152 valence electrons. The van der Waals surface area contributed by atoms with Crippen molar-refractivity contribution < 1.29 is 37.5 Å². The van der Waals surface area contributed by atoms with Crippen molar-refractivity contribution in [1.82, 2.24) is 10.2 Å². The second kappa shape index (κ2) is 7.61. The maximum absolute atomic E-state index is 12.8. The average molecular weight is 400 g/mol. The summed E-state index contributed by atoms with van der Waals surface area (Å²) in [7, 11) is 0. The zero-order chi connectivity index (χ0) is 21.3. The number of carboxylic acid groups (broad SMARTS) is 1. The summed E-state index contributed by atoms with van der Waals surface area (Å²) in [6, 6.07) is 4.28. The summed E-state index contributed by atoms with van der Waals surface area (Å²) in [4.78, 5) is 48.8. The van der Waals surface area contributed by atoms with Gasteiger partial charge in [-0.05, 0) is 31.5 Å². The van der Waals surface area contributed by atoms with E-state index in [1.807, 2.05) is 5.32 Å². The van der Waals surface area contributed by atoms with Crippen LogP contribution < -0.4 is 5.32 Å². The molecule has 1 aliphatic heterocycles. The number of likely N-dealkylation sites (tertiary alicyclic amines) is 1. The third-order valence-electron chi connectivity index (χ3n) is 4.69. The summed E-state index contributed by atoms with van der Waals surface area (Å²) in [5.41, 5.74) is -1.53. The van der Waals surface area contributed by atoms with E-state index in [2.05, 4.69) is 0 Å². The van der Waals surface area contributed by atoms with Crippen molar-refractivity contribution in [2.24, 2.45) is 5.92 Å². The number of benzene rings is 1. The largest absolute Gasteiger partial charge is 0.480 e. The van der Waals surface area contributed by atoms with E-state index >= 15 is 0 Å². The Kier molecular flexibility index (Phi) is 5.81.